The molecule has 0 radical (unpaired) electrons. The van der Waals surface area contributed by atoms with Gasteiger partial charge >= 0.3 is 0 Å². The zero-order chi connectivity index (χ0) is 13.8. The first-order chi connectivity index (χ1) is 9.11. The standard InChI is InChI=1S/C14H17N3O2/c1-9(8-18)10(2)17-14(19)11-3-4-12-13(7-11)16-6-5-15-12/h3-7,9-10,18H,8H2,1-2H3,(H,17,19). The minimum absolute atomic E-state index is 0.0178. The maximum absolute atomic E-state index is 12.1. The van der Waals surface area contributed by atoms with Gasteiger partial charge in [-0.15, -0.1) is 0 Å². The summed E-state index contributed by atoms with van der Waals surface area (Å²) in [6.07, 6.45) is 3.22. The Labute approximate surface area is 111 Å². The molecule has 0 fully saturated rings. The second-order valence-corrected chi connectivity index (χ2v) is 4.68. The Bertz CT molecular complexity index is 586. The van der Waals surface area contributed by atoms with E-state index in [0.717, 1.165) is 5.52 Å². The Morgan fingerprint density at radius 3 is 2.63 bits per heavy atom. The van der Waals surface area contributed by atoms with Crippen molar-refractivity contribution in [3.8, 4) is 0 Å². The summed E-state index contributed by atoms with van der Waals surface area (Å²) in [4.78, 5) is 20.4. The molecule has 2 N–H and O–H groups in total. The molecule has 0 aliphatic carbocycles. The Morgan fingerprint density at radius 2 is 1.95 bits per heavy atom. The fourth-order valence-corrected chi connectivity index (χ4v) is 1.70. The van der Waals surface area contributed by atoms with E-state index in [2.05, 4.69) is 15.3 Å². The third-order valence-electron chi connectivity index (χ3n) is 3.23. The van der Waals surface area contributed by atoms with Gasteiger partial charge in [0.15, 0.2) is 0 Å². The molecule has 19 heavy (non-hydrogen) atoms. The maximum atomic E-state index is 12.1. The largest absolute Gasteiger partial charge is 0.396 e. The quantitative estimate of drug-likeness (QED) is 0.869. The van der Waals surface area contributed by atoms with Crippen molar-refractivity contribution in [1.82, 2.24) is 15.3 Å². The first kappa shape index (κ1) is 13.4. The highest BCUT2D eigenvalue weighted by Crippen LogP contribution is 2.11. The number of hydrogen-bond acceptors (Lipinski definition) is 4. The van der Waals surface area contributed by atoms with E-state index in [4.69, 9.17) is 5.11 Å². The van der Waals surface area contributed by atoms with Crippen molar-refractivity contribution in [1.29, 1.82) is 0 Å². The van der Waals surface area contributed by atoms with Gasteiger partial charge in [0, 0.05) is 30.6 Å². The average molecular weight is 259 g/mol. The van der Waals surface area contributed by atoms with Crippen LogP contribution < -0.4 is 5.32 Å². The summed E-state index contributed by atoms with van der Waals surface area (Å²) in [5.74, 6) is -0.149. The van der Waals surface area contributed by atoms with Crippen LogP contribution >= 0.6 is 0 Å². The first-order valence-corrected chi connectivity index (χ1v) is 6.24. The number of carbonyl (C=O) groups excluding carboxylic acids is 1. The average Bonchev–Trinajstić information content (AvgIpc) is 2.45. The molecule has 1 amide bonds. The van der Waals surface area contributed by atoms with Crippen molar-refractivity contribution in [2.24, 2.45) is 5.92 Å². The molecule has 0 bridgehead atoms. The van der Waals surface area contributed by atoms with Crippen LogP contribution in [-0.4, -0.2) is 33.6 Å². The lowest BCUT2D eigenvalue weighted by molar-refractivity contribution is 0.0916. The molecule has 0 spiro atoms. The summed E-state index contributed by atoms with van der Waals surface area (Å²) >= 11 is 0. The van der Waals surface area contributed by atoms with Crippen molar-refractivity contribution in [2.75, 3.05) is 6.61 Å². The smallest absolute Gasteiger partial charge is 0.251 e. The molecule has 1 heterocycles. The van der Waals surface area contributed by atoms with Crippen LogP contribution in [0.15, 0.2) is 30.6 Å². The van der Waals surface area contributed by atoms with E-state index in [1.165, 1.54) is 0 Å². The number of carbonyl (C=O) groups is 1. The monoisotopic (exact) mass is 259 g/mol. The second kappa shape index (κ2) is 5.75. The highest BCUT2D eigenvalue weighted by molar-refractivity contribution is 5.97. The summed E-state index contributed by atoms with van der Waals surface area (Å²) in [7, 11) is 0. The Kier molecular flexibility index (Phi) is 4.06. The van der Waals surface area contributed by atoms with Crippen LogP contribution in [-0.2, 0) is 0 Å². The molecule has 5 nitrogen and oxygen atoms in total. The lowest BCUT2D eigenvalue weighted by Gasteiger charge is -2.19. The number of fused-ring (bicyclic) bond motifs is 1. The van der Waals surface area contributed by atoms with E-state index >= 15 is 0 Å². The first-order valence-electron chi connectivity index (χ1n) is 6.24. The fourth-order valence-electron chi connectivity index (χ4n) is 1.70. The highest BCUT2D eigenvalue weighted by Gasteiger charge is 2.15. The topological polar surface area (TPSA) is 75.1 Å². The van der Waals surface area contributed by atoms with Crippen LogP contribution in [0.1, 0.15) is 24.2 Å². The number of rotatable bonds is 4. The zero-order valence-electron chi connectivity index (χ0n) is 11.0. The van der Waals surface area contributed by atoms with Gasteiger partial charge in [0.1, 0.15) is 0 Å². The lowest BCUT2D eigenvalue weighted by atomic mass is 10.0. The molecule has 0 saturated carbocycles. The van der Waals surface area contributed by atoms with Crippen LogP contribution in [0, 0.1) is 5.92 Å². The third-order valence-corrected chi connectivity index (χ3v) is 3.23. The molecule has 1 aromatic carbocycles. The molecule has 2 atom stereocenters. The molecule has 0 saturated heterocycles. The van der Waals surface area contributed by atoms with Crippen molar-refractivity contribution in [3.05, 3.63) is 36.2 Å². The van der Waals surface area contributed by atoms with Crippen molar-refractivity contribution >= 4 is 16.9 Å². The molecular formula is C14H17N3O2. The van der Waals surface area contributed by atoms with Crippen LogP contribution in [0.4, 0.5) is 0 Å². The summed E-state index contributed by atoms with van der Waals surface area (Å²) < 4.78 is 0. The van der Waals surface area contributed by atoms with Crippen LogP contribution in [0.2, 0.25) is 0 Å². The van der Waals surface area contributed by atoms with E-state index in [-0.39, 0.29) is 24.5 Å². The number of amides is 1. The summed E-state index contributed by atoms with van der Waals surface area (Å²) in [6, 6.07) is 5.13. The maximum Gasteiger partial charge on any atom is 0.251 e. The molecule has 1 aromatic heterocycles. The van der Waals surface area contributed by atoms with Crippen LogP contribution in [0.3, 0.4) is 0 Å². The number of benzene rings is 1. The van der Waals surface area contributed by atoms with Gasteiger partial charge in [-0.25, -0.2) is 0 Å². The van der Waals surface area contributed by atoms with E-state index < -0.39 is 0 Å². The molecule has 2 rings (SSSR count). The lowest BCUT2D eigenvalue weighted by Crippen LogP contribution is -2.38. The van der Waals surface area contributed by atoms with Gasteiger partial charge in [0.25, 0.3) is 5.91 Å². The predicted molar refractivity (Wildman–Crippen MR) is 72.7 cm³/mol. The van der Waals surface area contributed by atoms with E-state index in [1.807, 2.05) is 13.8 Å². The van der Waals surface area contributed by atoms with Crippen molar-refractivity contribution in [3.63, 3.8) is 0 Å². The van der Waals surface area contributed by atoms with Gasteiger partial charge in [0.05, 0.1) is 11.0 Å². The normalized spacial score (nSPS) is 14.1. The summed E-state index contributed by atoms with van der Waals surface area (Å²) in [5, 5.41) is 11.9. The number of aromatic nitrogens is 2. The predicted octanol–water partition coefficient (Wildman–Crippen LogP) is 1.38. The van der Waals surface area contributed by atoms with Gasteiger partial charge in [-0.1, -0.05) is 6.92 Å². The van der Waals surface area contributed by atoms with E-state index in [1.54, 1.807) is 30.6 Å². The second-order valence-electron chi connectivity index (χ2n) is 4.68. The molecule has 0 aliphatic rings. The van der Waals surface area contributed by atoms with Crippen molar-refractivity contribution in [2.45, 2.75) is 19.9 Å². The van der Waals surface area contributed by atoms with Gasteiger partial charge in [-0.05, 0) is 31.0 Å². The number of aliphatic hydroxyl groups is 1. The molecular weight excluding hydrogens is 242 g/mol. The van der Waals surface area contributed by atoms with Gasteiger partial charge in [-0.2, -0.15) is 0 Å². The van der Waals surface area contributed by atoms with Gasteiger partial charge in [-0.3, -0.25) is 14.8 Å². The van der Waals surface area contributed by atoms with Crippen LogP contribution in [0.5, 0.6) is 0 Å². The SMILES string of the molecule is CC(CO)C(C)NC(=O)c1ccc2nccnc2c1. The van der Waals surface area contributed by atoms with Crippen molar-refractivity contribution < 1.29 is 9.90 Å². The third kappa shape index (κ3) is 3.06. The van der Waals surface area contributed by atoms with E-state index in [9.17, 15) is 4.79 Å². The Balaban J connectivity index is 2.17. The zero-order valence-corrected chi connectivity index (χ0v) is 11.0. The molecule has 100 valence electrons. The summed E-state index contributed by atoms with van der Waals surface area (Å²) in [6.45, 7) is 3.81. The minimum Gasteiger partial charge on any atom is -0.396 e. The molecule has 2 unspecified atom stereocenters. The van der Waals surface area contributed by atoms with E-state index in [0.29, 0.717) is 11.1 Å². The number of nitrogens with zero attached hydrogens (tertiary/aromatic N) is 2. The van der Waals surface area contributed by atoms with Gasteiger partial charge in [0.2, 0.25) is 0 Å². The highest BCUT2D eigenvalue weighted by atomic mass is 16.3. The number of nitrogens with one attached hydrogen (secondary N) is 1. The number of aliphatic hydroxyl groups excluding tert-OH is 1. The van der Waals surface area contributed by atoms with Gasteiger partial charge < -0.3 is 10.4 Å². The Morgan fingerprint density at radius 1 is 1.26 bits per heavy atom. The number of hydrogen-bond donors (Lipinski definition) is 2. The Hall–Kier alpha value is -2.01. The van der Waals surface area contributed by atoms with Crippen LogP contribution in [0.25, 0.3) is 11.0 Å². The molecule has 0 aliphatic heterocycles. The minimum atomic E-state index is -0.166. The molecule has 5 heteroatoms. The summed E-state index contributed by atoms with van der Waals surface area (Å²) in [5.41, 5.74) is 2.00. The fraction of sp³-hybridized carbons (Fsp3) is 0.357. The molecule has 2 aromatic rings.